The zero-order valence-corrected chi connectivity index (χ0v) is 19.9. The van der Waals surface area contributed by atoms with Gasteiger partial charge in [-0.1, -0.05) is 12.1 Å². The molecular weight excluding hydrogens is 448 g/mol. The van der Waals surface area contributed by atoms with Crippen LogP contribution in [0.5, 0.6) is 0 Å². The number of hydrogen-bond donors (Lipinski definition) is 1. The van der Waals surface area contributed by atoms with Gasteiger partial charge >= 0.3 is 0 Å². The summed E-state index contributed by atoms with van der Waals surface area (Å²) in [5, 5.41) is 10.2. The van der Waals surface area contributed by atoms with Gasteiger partial charge in [-0.2, -0.15) is 5.10 Å². The molecule has 0 unspecified atom stereocenters. The summed E-state index contributed by atoms with van der Waals surface area (Å²) in [6.07, 6.45) is 0. The zero-order chi connectivity index (χ0) is 23.2. The van der Waals surface area contributed by atoms with Gasteiger partial charge in [0.1, 0.15) is 0 Å². The molecule has 1 amide bonds. The number of carbonyl (C=O) groups is 1. The summed E-state index contributed by atoms with van der Waals surface area (Å²) in [5.41, 5.74) is 4.00. The number of amides is 1. The van der Waals surface area contributed by atoms with E-state index < -0.39 is 10.0 Å². The van der Waals surface area contributed by atoms with E-state index in [1.54, 1.807) is 42.1 Å². The number of pyridine rings is 1. The molecule has 0 saturated heterocycles. The van der Waals surface area contributed by atoms with Gasteiger partial charge in [0.15, 0.2) is 10.8 Å². The molecule has 0 saturated carbocycles. The maximum atomic E-state index is 13.0. The molecule has 0 fully saturated rings. The van der Waals surface area contributed by atoms with E-state index >= 15 is 0 Å². The largest absolute Gasteiger partial charge is 0.298 e. The molecule has 4 rings (SSSR count). The molecule has 0 aliphatic heterocycles. The molecule has 0 atom stereocenters. The lowest BCUT2D eigenvalue weighted by molar-refractivity contribution is 0.102. The Morgan fingerprint density at radius 1 is 1.12 bits per heavy atom. The molecule has 9 nitrogen and oxygen atoms in total. The number of benzene rings is 1. The van der Waals surface area contributed by atoms with E-state index in [4.69, 9.17) is 0 Å². The Morgan fingerprint density at radius 3 is 2.47 bits per heavy atom. The maximum absolute atomic E-state index is 13.0. The van der Waals surface area contributed by atoms with Crippen LogP contribution in [0.15, 0.2) is 40.6 Å². The quantitative estimate of drug-likeness (QED) is 0.480. The summed E-state index contributed by atoms with van der Waals surface area (Å²) in [4.78, 5) is 22.2. The van der Waals surface area contributed by atoms with Gasteiger partial charge in [0, 0.05) is 37.8 Å². The van der Waals surface area contributed by atoms with Crippen molar-refractivity contribution in [2.45, 2.75) is 18.7 Å². The van der Waals surface area contributed by atoms with E-state index in [0.29, 0.717) is 27.4 Å². The van der Waals surface area contributed by atoms with Crippen LogP contribution in [0.2, 0.25) is 0 Å². The average Bonchev–Trinajstić information content (AvgIpc) is 3.31. The normalized spacial score (nSPS) is 11.9. The molecule has 11 heteroatoms. The third-order valence-corrected chi connectivity index (χ3v) is 7.58. The standard InChI is InChI=1S/C21H22N6O3S2/c1-12-10-16(18-13(2)25-27(5)19(18)22-12)20(28)24-21-23-17(11-31-21)14-6-8-15(9-7-14)32(29,30)26(3)4/h6-11H,1-5H3,(H,23,24,28). The second-order valence-electron chi connectivity index (χ2n) is 7.52. The second kappa shape index (κ2) is 8.08. The molecular formula is C21H22N6O3S2. The van der Waals surface area contributed by atoms with Crippen molar-refractivity contribution in [3.05, 3.63) is 52.7 Å². The average molecular weight is 471 g/mol. The molecule has 0 spiro atoms. The van der Waals surface area contributed by atoms with Crippen LogP contribution in [0.1, 0.15) is 21.7 Å². The third kappa shape index (κ3) is 3.90. The minimum atomic E-state index is -3.49. The Kier molecular flexibility index (Phi) is 5.57. The minimum absolute atomic E-state index is 0.207. The van der Waals surface area contributed by atoms with Crippen LogP contribution in [0.4, 0.5) is 5.13 Å². The summed E-state index contributed by atoms with van der Waals surface area (Å²) in [6, 6.07) is 8.23. The number of aryl methyl sites for hydroxylation is 3. The van der Waals surface area contributed by atoms with Crippen molar-refractivity contribution in [3.63, 3.8) is 0 Å². The first-order valence-electron chi connectivity index (χ1n) is 9.68. The molecule has 0 aliphatic rings. The van der Waals surface area contributed by atoms with Crippen LogP contribution >= 0.6 is 11.3 Å². The molecule has 3 heterocycles. The highest BCUT2D eigenvalue weighted by Gasteiger charge is 2.20. The van der Waals surface area contributed by atoms with E-state index in [1.165, 1.54) is 29.7 Å². The Labute approximate surface area is 189 Å². The van der Waals surface area contributed by atoms with Crippen LogP contribution in [0.3, 0.4) is 0 Å². The topological polar surface area (TPSA) is 110 Å². The van der Waals surface area contributed by atoms with Gasteiger partial charge in [0.25, 0.3) is 5.91 Å². The summed E-state index contributed by atoms with van der Waals surface area (Å²) in [5.74, 6) is -0.287. The second-order valence-corrected chi connectivity index (χ2v) is 10.5. The smallest absolute Gasteiger partial charge is 0.258 e. The third-order valence-electron chi connectivity index (χ3n) is 4.99. The molecule has 0 aliphatic carbocycles. The van der Waals surface area contributed by atoms with Crippen LogP contribution in [-0.4, -0.2) is 52.5 Å². The fraction of sp³-hybridized carbons (Fsp3) is 0.238. The van der Waals surface area contributed by atoms with E-state index in [2.05, 4.69) is 20.4 Å². The number of sulfonamides is 1. The first-order chi connectivity index (χ1) is 15.1. The number of nitrogens with zero attached hydrogens (tertiary/aromatic N) is 5. The van der Waals surface area contributed by atoms with Crippen molar-refractivity contribution in [3.8, 4) is 11.3 Å². The van der Waals surface area contributed by atoms with Crippen molar-refractivity contribution in [2.24, 2.45) is 7.05 Å². The van der Waals surface area contributed by atoms with Gasteiger partial charge < -0.3 is 0 Å². The van der Waals surface area contributed by atoms with Crippen molar-refractivity contribution >= 4 is 43.4 Å². The molecule has 1 N–H and O–H groups in total. The van der Waals surface area contributed by atoms with Gasteiger partial charge in [0.2, 0.25) is 10.0 Å². The van der Waals surface area contributed by atoms with Crippen molar-refractivity contribution in [2.75, 3.05) is 19.4 Å². The lowest BCUT2D eigenvalue weighted by Crippen LogP contribution is -2.22. The zero-order valence-electron chi connectivity index (χ0n) is 18.2. The van der Waals surface area contributed by atoms with Crippen molar-refractivity contribution in [1.82, 2.24) is 24.1 Å². The van der Waals surface area contributed by atoms with Gasteiger partial charge in [-0.3, -0.25) is 14.8 Å². The molecule has 32 heavy (non-hydrogen) atoms. The Morgan fingerprint density at radius 2 is 1.81 bits per heavy atom. The summed E-state index contributed by atoms with van der Waals surface area (Å²) in [7, 11) is 1.28. The first kappa shape index (κ1) is 22.1. The number of rotatable bonds is 5. The SMILES string of the molecule is Cc1cc(C(=O)Nc2nc(-c3ccc(S(=O)(=O)N(C)C)cc3)cs2)c2c(C)nn(C)c2n1. The van der Waals surface area contributed by atoms with Crippen LogP contribution in [0.25, 0.3) is 22.3 Å². The predicted molar refractivity (Wildman–Crippen MR) is 124 cm³/mol. The van der Waals surface area contributed by atoms with Gasteiger partial charge in [-0.05, 0) is 32.0 Å². The van der Waals surface area contributed by atoms with Crippen LogP contribution < -0.4 is 5.32 Å². The molecule has 3 aromatic heterocycles. The van der Waals surface area contributed by atoms with Crippen LogP contribution in [0, 0.1) is 13.8 Å². The Balaban J connectivity index is 1.59. The minimum Gasteiger partial charge on any atom is -0.298 e. The van der Waals surface area contributed by atoms with E-state index in [0.717, 1.165) is 17.0 Å². The molecule has 166 valence electrons. The number of hydrogen-bond acceptors (Lipinski definition) is 7. The number of nitrogens with one attached hydrogen (secondary N) is 1. The molecule has 0 radical (unpaired) electrons. The summed E-state index contributed by atoms with van der Waals surface area (Å²) in [6.45, 7) is 3.68. The highest BCUT2D eigenvalue weighted by Crippen LogP contribution is 2.28. The summed E-state index contributed by atoms with van der Waals surface area (Å²) < 4.78 is 27.3. The number of carbonyl (C=O) groups excluding carboxylic acids is 1. The Hall–Kier alpha value is -3.15. The maximum Gasteiger partial charge on any atom is 0.258 e. The van der Waals surface area contributed by atoms with Crippen molar-refractivity contribution in [1.29, 1.82) is 0 Å². The molecule has 4 aromatic rings. The number of fused-ring (bicyclic) bond motifs is 1. The Bertz CT molecular complexity index is 1440. The molecule has 0 bridgehead atoms. The van der Waals surface area contributed by atoms with Gasteiger partial charge in [0.05, 0.1) is 27.2 Å². The monoisotopic (exact) mass is 470 g/mol. The van der Waals surface area contributed by atoms with Gasteiger partial charge in [-0.25, -0.2) is 22.7 Å². The van der Waals surface area contributed by atoms with Gasteiger partial charge in [-0.15, -0.1) is 11.3 Å². The lowest BCUT2D eigenvalue weighted by Gasteiger charge is -2.11. The van der Waals surface area contributed by atoms with E-state index in [9.17, 15) is 13.2 Å². The molecule has 1 aromatic carbocycles. The number of thiazole rings is 1. The van der Waals surface area contributed by atoms with Crippen molar-refractivity contribution < 1.29 is 13.2 Å². The predicted octanol–water partition coefficient (Wildman–Crippen LogP) is 3.21. The lowest BCUT2D eigenvalue weighted by atomic mass is 10.1. The highest BCUT2D eigenvalue weighted by molar-refractivity contribution is 7.89. The van der Waals surface area contributed by atoms with E-state index in [1.807, 2.05) is 19.2 Å². The summed E-state index contributed by atoms with van der Waals surface area (Å²) >= 11 is 1.30. The number of aromatic nitrogens is 4. The fourth-order valence-corrected chi connectivity index (χ4v) is 5.00. The number of anilines is 1. The van der Waals surface area contributed by atoms with Crippen LogP contribution in [-0.2, 0) is 17.1 Å². The van der Waals surface area contributed by atoms with E-state index in [-0.39, 0.29) is 10.8 Å². The first-order valence-corrected chi connectivity index (χ1v) is 12.0. The highest BCUT2D eigenvalue weighted by atomic mass is 32.2. The fourth-order valence-electron chi connectivity index (χ4n) is 3.39.